The van der Waals surface area contributed by atoms with Gasteiger partial charge in [0, 0.05) is 37.8 Å². The van der Waals surface area contributed by atoms with Crippen LogP contribution in [-0.4, -0.2) is 64.4 Å². The van der Waals surface area contributed by atoms with E-state index in [1.807, 2.05) is 0 Å². The third kappa shape index (κ3) is 3.65. The first-order valence-corrected chi connectivity index (χ1v) is 14.2. The summed E-state index contributed by atoms with van der Waals surface area (Å²) in [6.45, 7) is 1.45. The number of nitrogens with zero attached hydrogens (tertiary/aromatic N) is 5. The molecule has 0 aromatic carbocycles. The van der Waals surface area contributed by atoms with E-state index in [2.05, 4.69) is 20.2 Å². The Morgan fingerprint density at radius 3 is 2.62 bits per heavy atom. The average molecular weight is 505 g/mol. The highest BCUT2D eigenvalue weighted by atomic mass is 35.5. The van der Waals surface area contributed by atoms with Gasteiger partial charge in [0.2, 0.25) is 5.95 Å². The van der Waals surface area contributed by atoms with E-state index in [9.17, 15) is 13.5 Å². The van der Waals surface area contributed by atoms with Crippen molar-refractivity contribution in [2.75, 3.05) is 35.7 Å². The molecule has 0 bridgehead atoms. The third-order valence-electron chi connectivity index (χ3n) is 8.27. The van der Waals surface area contributed by atoms with Gasteiger partial charge in [-0.05, 0) is 43.9 Å². The van der Waals surface area contributed by atoms with Crippen molar-refractivity contribution in [2.45, 2.75) is 61.3 Å². The Bertz CT molecular complexity index is 1200. The molecule has 11 heteroatoms. The van der Waals surface area contributed by atoms with Crippen LogP contribution in [0.4, 0.5) is 11.8 Å². The number of halogens is 1. The molecule has 0 radical (unpaired) electrons. The van der Waals surface area contributed by atoms with Crippen LogP contribution in [-0.2, 0) is 16.3 Å². The molecule has 3 atom stereocenters. The molecular weight excluding hydrogens is 476 g/mol. The fourth-order valence-corrected chi connectivity index (χ4v) is 8.14. The number of aliphatic hydroxyl groups excluding tert-OH is 1. The lowest BCUT2D eigenvalue weighted by molar-refractivity contribution is 0.0291. The third-order valence-corrected chi connectivity index (χ3v) is 10.3. The highest BCUT2D eigenvalue weighted by molar-refractivity contribution is 7.91. The van der Waals surface area contributed by atoms with E-state index in [-0.39, 0.29) is 23.2 Å². The number of piperidine rings is 1. The van der Waals surface area contributed by atoms with E-state index in [0.717, 1.165) is 51.0 Å². The fourth-order valence-electron chi connectivity index (χ4n) is 6.48. The van der Waals surface area contributed by atoms with E-state index in [1.54, 1.807) is 12.4 Å². The van der Waals surface area contributed by atoms with Crippen LogP contribution in [0.1, 0.15) is 56.0 Å². The smallest absolute Gasteiger partial charge is 0.227 e. The van der Waals surface area contributed by atoms with Gasteiger partial charge in [-0.15, -0.1) is 0 Å². The Labute approximate surface area is 204 Å². The molecule has 1 saturated heterocycles. The van der Waals surface area contributed by atoms with Crippen molar-refractivity contribution >= 4 is 33.2 Å². The van der Waals surface area contributed by atoms with Crippen LogP contribution in [0.15, 0.2) is 17.3 Å². The monoisotopic (exact) mass is 504 g/mol. The summed E-state index contributed by atoms with van der Waals surface area (Å²) in [5.41, 5.74) is 0.100. The van der Waals surface area contributed by atoms with Crippen LogP contribution < -0.4 is 10.2 Å². The molecule has 2 aliphatic heterocycles. The first-order valence-electron chi connectivity index (χ1n) is 12.1. The van der Waals surface area contributed by atoms with E-state index in [1.165, 1.54) is 6.42 Å². The molecule has 4 heterocycles. The van der Waals surface area contributed by atoms with E-state index in [4.69, 9.17) is 21.6 Å². The summed E-state index contributed by atoms with van der Waals surface area (Å²) in [6.07, 6.45) is 9.63. The summed E-state index contributed by atoms with van der Waals surface area (Å²) in [6, 6.07) is 0. The van der Waals surface area contributed by atoms with Gasteiger partial charge < -0.3 is 15.3 Å². The van der Waals surface area contributed by atoms with Gasteiger partial charge >= 0.3 is 0 Å². The number of nitrogens with one attached hydrogen (secondary N) is 1. The molecule has 4 aliphatic rings. The maximum Gasteiger partial charge on any atom is 0.227 e. The summed E-state index contributed by atoms with van der Waals surface area (Å²) in [7, 11) is -3.43. The van der Waals surface area contributed by atoms with Crippen molar-refractivity contribution in [2.24, 2.45) is 11.8 Å². The summed E-state index contributed by atoms with van der Waals surface area (Å²) in [5, 5.41) is 14.3. The molecule has 2 aromatic rings. The predicted octanol–water partition coefficient (Wildman–Crippen LogP) is 2.60. The summed E-state index contributed by atoms with van der Waals surface area (Å²) < 4.78 is 25.7. The molecular formula is C23H29ClN6O3S. The van der Waals surface area contributed by atoms with Crippen LogP contribution in [0.5, 0.6) is 0 Å². The van der Waals surface area contributed by atoms with Crippen molar-refractivity contribution in [3.8, 4) is 0 Å². The predicted molar refractivity (Wildman–Crippen MR) is 128 cm³/mol. The summed E-state index contributed by atoms with van der Waals surface area (Å²) in [5.74, 6) is 3.01. The minimum absolute atomic E-state index is 0.0190. The second kappa shape index (κ2) is 8.27. The maximum absolute atomic E-state index is 12.9. The SMILES string of the molecule is O=S1(=O)CCc2nc(N3CCC(c4ncc(Cl)cn4)CC3)nc(NC3(CO)CC4CCCC43)c21. The number of rotatable bonds is 5. The van der Waals surface area contributed by atoms with Gasteiger partial charge in [0.15, 0.2) is 15.7 Å². The van der Waals surface area contributed by atoms with E-state index < -0.39 is 15.4 Å². The number of fused-ring (bicyclic) bond motifs is 2. The zero-order valence-electron chi connectivity index (χ0n) is 19.0. The van der Waals surface area contributed by atoms with Crippen LogP contribution >= 0.6 is 11.6 Å². The second-order valence-electron chi connectivity index (χ2n) is 10.2. The minimum Gasteiger partial charge on any atom is -0.394 e. The molecule has 2 N–H and O–H groups in total. The number of aromatic nitrogens is 4. The number of aliphatic hydroxyl groups is 1. The first-order chi connectivity index (χ1) is 16.4. The number of hydrogen-bond donors (Lipinski definition) is 2. The topological polar surface area (TPSA) is 121 Å². The first kappa shape index (κ1) is 22.4. The van der Waals surface area contributed by atoms with Gasteiger partial charge in [-0.1, -0.05) is 18.0 Å². The van der Waals surface area contributed by atoms with Gasteiger partial charge in [-0.25, -0.2) is 23.4 Å². The quantitative estimate of drug-likeness (QED) is 0.632. The Balaban J connectivity index is 1.27. The Kier molecular flexibility index (Phi) is 5.46. The molecule has 0 amide bonds. The molecule has 2 saturated carbocycles. The molecule has 182 valence electrons. The molecule has 2 aromatic heterocycles. The lowest BCUT2D eigenvalue weighted by atomic mass is 9.61. The molecule has 6 rings (SSSR count). The molecule has 2 aliphatic carbocycles. The summed E-state index contributed by atoms with van der Waals surface area (Å²) >= 11 is 5.92. The normalized spacial score (nSPS) is 30.0. The number of aryl methyl sites for hydroxylation is 1. The molecule has 3 fully saturated rings. The zero-order chi connectivity index (χ0) is 23.5. The van der Waals surface area contributed by atoms with Crippen LogP contribution in [0.3, 0.4) is 0 Å². The zero-order valence-corrected chi connectivity index (χ0v) is 20.5. The van der Waals surface area contributed by atoms with Crippen LogP contribution in [0.2, 0.25) is 5.02 Å². The van der Waals surface area contributed by atoms with Gasteiger partial charge in [-0.3, -0.25) is 0 Å². The Morgan fingerprint density at radius 2 is 1.91 bits per heavy atom. The highest BCUT2D eigenvalue weighted by Gasteiger charge is 2.56. The van der Waals surface area contributed by atoms with Crippen molar-refractivity contribution in [3.63, 3.8) is 0 Å². The van der Waals surface area contributed by atoms with Gasteiger partial charge in [0.25, 0.3) is 0 Å². The standard InChI is InChI=1S/C23H29ClN6O3S/c24-16-11-25-20(26-12-16)14-4-7-30(8-5-14)22-27-18-6-9-34(32,33)19(18)21(28-22)29-23(13-31)10-15-2-1-3-17(15)23/h11-12,14-15,17,31H,1-10,13H2,(H,27,28,29). The lowest BCUT2D eigenvalue weighted by Gasteiger charge is -2.52. The number of sulfone groups is 1. The van der Waals surface area contributed by atoms with Gasteiger partial charge in [-0.2, -0.15) is 4.98 Å². The second-order valence-corrected chi connectivity index (χ2v) is 12.7. The lowest BCUT2D eigenvalue weighted by Crippen LogP contribution is -2.60. The van der Waals surface area contributed by atoms with Gasteiger partial charge in [0.1, 0.15) is 10.7 Å². The minimum atomic E-state index is -3.43. The van der Waals surface area contributed by atoms with Crippen LogP contribution in [0, 0.1) is 11.8 Å². The molecule has 0 spiro atoms. The van der Waals surface area contributed by atoms with E-state index >= 15 is 0 Å². The Morgan fingerprint density at radius 1 is 1.15 bits per heavy atom. The highest BCUT2D eigenvalue weighted by Crippen LogP contribution is 2.55. The average Bonchev–Trinajstić information content (AvgIpc) is 3.38. The largest absolute Gasteiger partial charge is 0.394 e. The van der Waals surface area contributed by atoms with Crippen molar-refractivity contribution in [1.82, 2.24) is 19.9 Å². The van der Waals surface area contributed by atoms with Crippen molar-refractivity contribution < 1.29 is 13.5 Å². The van der Waals surface area contributed by atoms with Crippen molar-refractivity contribution in [1.29, 1.82) is 0 Å². The molecule has 3 unspecified atom stereocenters. The van der Waals surface area contributed by atoms with Gasteiger partial charge in [0.05, 0.1) is 28.6 Å². The van der Waals surface area contributed by atoms with Crippen LogP contribution in [0.25, 0.3) is 0 Å². The van der Waals surface area contributed by atoms with E-state index in [0.29, 0.717) is 40.7 Å². The fraction of sp³-hybridized carbons (Fsp3) is 0.652. The number of anilines is 2. The number of hydrogen-bond acceptors (Lipinski definition) is 9. The maximum atomic E-state index is 12.9. The Hall–Kier alpha value is -2.04. The molecule has 9 nitrogen and oxygen atoms in total. The van der Waals surface area contributed by atoms with Crippen molar-refractivity contribution in [3.05, 3.63) is 28.9 Å². The summed E-state index contributed by atoms with van der Waals surface area (Å²) in [4.78, 5) is 20.6. The molecule has 34 heavy (non-hydrogen) atoms.